The Morgan fingerprint density at radius 1 is 1.33 bits per heavy atom. The molecule has 2 rings (SSSR count). The summed E-state index contributed by atoms with van der Waals surface area (Å²) in [7, 11) is 1.27. The number of hydrazine groups is 1. The van der Waals surface area contributed by atoms with Crippen LogP contribution in [-0.2, 0) is 20.7 Å². The van der Waals surface area contributed by atoms with Gasteiger partial charge in [-0.2, -0.15) is 0 Å². The zero-order chi connectivity index (χ0) is 17.7. The third-order valence-corrected chi connectivity index (χ3v) is 5.01. The molecule has 7 nitrogen and oxygen atoms in total. The number of hydrogen-bond acceptors (Lipinski definition) is 6. The number of esters is 1. The Morgan fingerprint density at radius 3 is 2.62 bits per heavy atom. The summed E-state index contributed by atoms with van der Waals surface area (Å²) in [5, 5.41) is 2.20. The summed E-state index contributed by atoms with van der Waals surface area (Å²) in [5.74, 6) is -0.720. The average molecular weight is 353 g/mol. The van der Waals surface area contributed by atoms with Crippen LogP contribution < -0.4 is 10.9 Å². The predicted octanol–water partition coefficient (Wildman–Crippen LogP) is 1.84. The van der Waals surface area contributed by atoms with Gasteiger partial charge in [-0.05, 0) is 26.2 Å². The number of hydrogen-bond donors (Lipinski definition) is 2. The smallest absolute Gasteiger partial charge is 0.311 e. The van der Waals surface area contributed by atoms with E-state index in [9.17, 15) is 14.4 Å². The topological polar surface area (TPSA) is 97.4 Å². The van der Waals surface area contributed by atoms with Crippen molar-refractivity contribution in [2.45, 2.75) is 46.0 Å². The SMILES string of the molecule is COC(=O)C(C)(C)CC(=O)NNC(=O)c1nc(CC2CCC2)cs1. The fourth-order valence-electron chi connectivity index (χ4n) is 2.47. The minimum absolute atomic E-state index is 0.0925. The fourth-order valence-corrected chi connectivity index (χ4v) is 3.20. The summed E-state index contributed by atoms with van der Waals surface area (Å²) in [6.07, 6.45) is 4.54. The van der Waals surface area contributed by atoms with Crippen LogP contribution in [0.2, 0.25) is 0 Å². The molecule has 1 aromatic rings. The highest BCUT2D eigenvalue weighted by Crippen LogP contribution is 2.30. The molecule has 0 unspecified atom stereocenters. The van der Waals surface area contributed by atoms with E-state index < -0.39 is 23.2 Å². The van der Waals surface area contributed by atoms with Crippen LogP contribution in [0.3, 0.4) is 0 Å². The van der Waals surface area contributed by atoms with Gasteiger partial charge in [-0.15, -0.1) is 11.3 Å². The summed E-state index contributed by atoms with van der Waals surface area (Å²) in [6, 6.07) is 0. The van der Waals surface area contributed by atoms with Crippen LogP contribution in [0.15, 0.2) is 5.38 Å². The van der Waals surface area contributed by atoms with E-state index >= 15 is 0 Å². The number of amides is 2. The van der Waals surface area contributed by atoms with Gasteiger partial charge in [0.15, 0.2) is 5.01 Å². The van der Waals surface area contributed by atoms with Crippen LogP contribution in [0.25, 0.3) is 0 Å². The van der Waals surface area contributed by atoms with Crippen LogP contribution in [0.5, 0.6) is 0 Å². The van der Waals surface area contributed by atoms with Gasteiger partial charge in [0.05, 0.1) is 18.2 Å². The Morgan fingerprint density at radius 2 is 2.04 bits per heavy atom. The quantitative estimate of drug-likeness (QED) is 0.601. The molecule has 2 N–H and O–H groups in total. The molecular weight excluding hydrogens is 330 g/mol. The zero-order valence-corrected chi connectivity index (χ0v) is 15.0. The molecule has 8 heteroatoms. The Bertz CT molecular complexity index is 623. The molecule has 0 aromatic carbocycles. The molecule has 0 aliphatic heterocycles. The number of carbonyl (C=O) groups is 3. The molecular formula is C16H23N3O4S. The highest BCUT2D eigenvalue weighted by molar-refractivity contribution is 7.11. The average Bonchev–Trinajstić information content (AvgIpc) is 2.96. The van der Waals surface area contributed by atoms with Crippen LogP contribution in [-0.4, -0.2) is 29.9 Å². The first-order valence-corrected chi connectivity index (χ1v) is 8.82. The van der Waals surface area contributed by atoms with Gasteiger partial charge < -0.3 is 4.74 Å². The van der Waals surface area contributed by atoms with Gasteiger partial charge in [-0.25, -0.2) is 4.98 Å². The van der Waals surface area contributed by atoms with E-state index in [1.54, 1.807) is 13.8 Å². The third-order valence-electron chi connectivity index (χ3n) is 4.12. The zero-order valence-electron chi connectivity index (χ0n) is 14.2. The standard InChI is InChI=1S/C16H23N3O4S/c1-16(2,15(22)23-3)8-12(20)18-19-13(21)14-17-11(9-24-14)7-10-5-4-6-10/h9-10H,4-8H2,1-3H3,(H,18,20)(H,19,21). The van der Waals surface area contributed by atoms with Gasteiger partial charge in [0, 0.05) is 11.8 Å². The molecule has 1 fully saturated rings. The van der Waals surface area contributed by atoms with Gasteiger partial charge >= 0.3 is 5.97 Å². The van der Waals surface area contributed by atoms with Gasteiger partial charge in [0.25, 0.3) is 5.91 Å². The lowest BCUT2D eigenvalue weighted by Gasteiger charge is -2.24. The second-order valence-corrected chi connectivity index (χ2v) is 7.56. The van der Waals surface area contributed by atoms with Crippen molar-refractivity contribution in [3.05, 3.63) is 16.1 Å². The molecule has 1 aliphatic rings. The molecule has 2 amide bonds. The van der Waals surface area contributed by atoms with Crippen molar-refractivity contribution in [2.75, 3.05) is 7.11 Å². The maximum absolute atomic E-state index is 12.0. The van der Waals surface area contributed by atoms with E-state index in [1.807, 2.05) is 5.38 Å². The van der Waals surface area contributed by atoms with Crippen molar-refractivity contribution >= 4 is 29.1 Å². The van der Waals surface area contributed by atoms with Crippen LogP contribution in [0.4, 0.5) is 0 Å². The third kappa shape index (κ3) is 4.77. The summed E-state index contributed by atoms with van der Waals surface area (Å²) in [5.41, 5.74) is 4.61. The Kier molecular flexibility index (Phi) is 5.93. The first-order chi connectivity index (χ1) is 11.3. The molecule has 0 bridgehead atoms. The van der Waals surface area contributed by atoms with Gasteiger partial charge in [0.2, 0.25) is 5.91 Å². The number of methoxy groups -OCH3 is 1. The first-order valence-electron chi connectivity index (χ1n) is 7.94. The van der Waals surface area contributed by atoms with E-state index in [0.29, 0.717) is 10.9 Å². The van der Waals surface area contributed by atoms with Crippen molar-refractivity contribution in [3.8, 4) is 0 Å². The van der Waals surface area contributed by atoms with Gasteiger partial charge in [-0.3, -0.25) is 25.2 Å². The molecule has 0 radical (unpaired) electrons. The van der Waals surface area contributed by atoms with E-state index in [0.717, 1.165) is 12.1 Å². The summed E-state index contributed by atoms with van der Waals surface area (Å²) >= 11 is 1.26. The van der Waals surface area contributed by atoms with E-state index in [-0.39, 0.29) is 6.42 Å². The van der Waals surface area contributed by atoms with E-state index in [1.165, 1.54) is 37.7 Å². The minimum Gasteiger partial charge on any atom is -0.469 e. The second kappa shape index (κ2) is 7.74. The normalized spacial score (nSPS) is 14.6. The molecule has 1 heterocycles. The Labute approximate surface area is 145 Å². The van der Waals surface area contributed by atoms with E-state index in [2.05, 4.69) is 20.6 Å². The van der Waals surface area contributed by atoms with Crippen LogP contribution in [0.1, 0.15) is 55.0 Å². The molecule has 1 saturated carbocycles. The van der Waals surface area contributed by atoms with Crippen molar-refractivity contribution in [3.63, 3.8) is 0 Å². The van der Waals surface area contributed by atoms with Crippen molar-refractivity contribution in [2.24, 2.45) is 11.3 Å². The molecule has 0 saturated heterocycles. The van der Waals surface area contributed by atoms with Crippen LogP contribution >= 0.6 is 11.3 Å². The van der Waals surface area contributed by atoms with Crippen LogP contribution in [0, 0.1) is 11.3 Å². The molecule has 1 aliphatic carbocycles. The highest BCUT2D eigenvalue weighted by Gasteiger charge is 2.31. The van der Waals surface area contributed by atoms with E-state index in [4.69, 9.17) is 0 Å². The first kappa shape index (κ1) is 18.4. The lowest BCUT2D eigenvalue weighted by Crippen LogP contribution is -2.44. The molecule has 132 valence electrons. The highest BCUT2D eigenvalue weighted by atomic mass is 32.1. The van der Waals surface area contributed by atoms with Crippen molar-refractivity contribution in [1.29, 1.82) is 0 Å². The number of rotatable bonds is 6. The molecule has 0 spiro atoms. The summed E-state index contributed by atoms with van der Waals surface area (Å²) in [6.45, 7) is 3.21. The minimum atomic E-state index is -0.958. The molecule has 24 heavy (non-hydrogen) atoms. The number of nitrogens with zero attached hydrogens (tertiary/aromatic N) is 1. The molecule has 0 atom stereocenters. The second-order valence-electron chi connectivity index (χ2n) is 6.70. The fraction of sp³-hybridized carbons (Fsp3) is 0.625. The number of carbonyl (C=O) groups excluding carboxylic acids is 3. The summed E-state index contributed by atoms with van der Waals surface area (Å²) in [4.78, 5) is 39.7. The number of nitrogens with one attached hydrogen (secondary N) is 2. The monoisotopic (exact) mass is 353 g/mol. The lowest BCUT2D eigenvalue weighted by atomic mass is 9.82. The number of aromatic nitrogens is 1. The summed E-state index contributed by atoms with van der Waals surface area (Å²) < 4.78 is 4.64. The Balaban J connectivity index is 1.79. The Hall–Kier alpha value is -1.96. The molecule has 1 aromatic heterocycles. The largest absolute Gasteiger partial charge is 0.469 e. The number of ether oxygens (including phenoxy) is 1. The van der Waals surface area contributed by atoms with Gasteiger partial charge in [0.1, 0.15) is 0 Å². The number of thiazole rings is 1. The van der Waals surface area contributed by atoms with Crippen molar-refractivity contribution in [1.82, 2.24) is 15.8 Å². The lowest BCUT2D eigenvalue weighted by molar-refractivity contribution is -0.153. The predicted molar refractivity (Wildman–Crippen MR) is 89.2 cm³/mol. The van der Waals surface area contributed by atoms with Gasteiger partial charge in [-0.1, -0.05) is 19.3 Å². The maximum Gasteiger partial charge on any atom is 0.311 e. The van der Waals surface area contributed by atoms with Crippen molar-refractivity contribution < 1.29 is 19.1 Å². The maximum atomic E-state index is 12.0.